The van der Waals surface area contributed by atoms with E-state index in [0.717, 1.165) is 42.9 Å². The third-order valence-corrected chi connectivity index (χ3v) is 5.24. The molecule has 0 unspecified atom stereocenters. The first kappa shape index (κ1) is 14.3. The highest BCUT2D eigenvalue weighted by atomic mass is 35.5. The van der Waals surface area contributed by atoms with Crippen molar-refractivity contribution >= 4 is 45.5 Å². The van der Waals surface area contributed by atoms with Crippen LogP contribution < -0.4 is 10.2 Å². The summed E-state index contributed by atoms with van der Waals surface area (Å²) in [7, 11) is 0. The molecular weight excluding hydrogens is 317 g/mol. The highest BCUT2D eigenvalue weighted by molar-refractivity contribution is 6.45. The van der Waals surface area contributed by atoms with Crippen LogP contribution in [-0.4, -0.2) is 31.2 Å². The van der Waals surface area contributed by atoms with Crippen LogP contribution in [0.4, 0.5) is 5.82 Å². The lowest BCUT2D eigenvalue weighted by atomic mass is 10.0. The Bertz CT molecular complexity index is 764. The molecule has 5 heteroatoms. The molecule has 2 aliphatic heterocycles. The van der Waals surface area contributed by atoms with Crippen molar-refractivity contribution in [3.05, 3.63) is 39.9 Å². The van der Waals surface area contributed by atoms with Gasteiger partial charge in [-0.2, -0.15) is 0 Å². The largest absolute Gasteiger partial charge is 0.357 e. The summed E-state index contributed by atoms with van der Waals surface area (Å²) in [6.45, 7) is 3.93. The summed E-state index contributed by atoms with van der Waals surface area (Å²) in [5, 5.41) is 5.55. The molecule has 2 aromatic rings. The summed E-state index contributed by atoms with van der Waals surface area (Å²) in [6, 6.07) is 6.09. The first-order chi connectivity index (χ1) is 10.7. The second-order valence-electron chi connectivity index (χ2n) is 5.84. The van der Waals surface area contributed by atoms with Gasteiger partial charge in [0.25, 0.3) is 0 Å². The molecule has 4 rings (SSSR count). The lowest BCUT2D eigenvalue weighted by Gasteiger charge is -2.19. The van der Waals surface area contributed by atoms with Gasteiger partial charge in [-0.05, 0) is 36.1 Å². The number of aromatic nitrogens is 1. The Morgan fingerprint density at radius 2 is 1.95 bits per heavy atom. The number of pyridine rings is 1. The molecule has 1 fully saturated rings. The molecule has 1 saturated heterocycles. The summed E-state index contributed by atoms with van der Waals surface area (Å²) < 4.78 is 0. The minimum absolute atomic E-state index is 0.549. The van der Waals surface area contributed by atoms with Crippen LogP contribution >= 0.6 is 23.2 Å². The van der Waals surface area contributed by atoms with Crippen LogP contribution in [0.1, 0.15) is 18.4 Å². The normalized spacial score (nSPS) is 18.3. The van der Waals surface area contributed by atoms with Crippen molar-refractivity contribution in [2.24, 2.45) is 0 Å². The van der Waals surface area contributed by atoms with E-state index in [0.29, 0.717) is 10.0 Å². The van der Waals surface area contributed by atoms with Gasteiger partial charge in [-0.25, -0.2) is 4.98 Å². The van der Waals surface area contributed by atoms with Crippen LogP contribution in [0.25, 0.3) is 16.5 Å². The maximum atomic E-state index is 6.44. The van der Waals surface area contributed by atoms with E-state index in [4.69, 9.17) is 28.2 Å². The molecule has 0 saturated carbocycles. The van der Waals surface area contributed by atoms with Gasteiger partial charge in [0.15, 0.2) is 0 Å². The predicted molar refractivity (Wildman–Crippen MR) is 94.1 cm³/mol. The molecule has 0 atom stereocenters. The lowest BCUT2D eigenvalue weighted by Crippen LogP contribution is -2.19. The quantitative estimate of drug-likeness (QED) is 0.895. The fourth-order valence-electron chi connectivity index (χ4n) is 3.27. The van der Waals surface area contributed by atoms with Crippen molar-refractivity contribution in [2.75, 3.05) is 31.1 Å². The van der Waals surface area contributed by atoms with Gasteiger partial charge >= 0.3 is 0 Å². The number of halogens is 2. The van der Waals surface area contributed by atoms with Gasteiger partial charge in [0, 0.05) is 31.6 Å². The average Bonchev–Trinajstić information content (AvgIpc) is 3.23. The van der Waals surface area contributed by atoms with E-state index in [1.165, 1.54) is 24.0 Å². The van der Waals surface area contributed by atoms with Crippen molar-refractivity contribution in [3.8, 4) is 0 Å². The molecule has 0 spiro atoms. The van der Waals surface area contributed by atoms with Crippen LogP contribution in [0.5, 0.6) is 0 Å². The smallest absolute Gasteiger partial charge is 0.129 e. The number of nitrogens with one attached hydrogen (secondary N) is 1. The zero-order valence-corrected chi connectivity index (χ0v) is 13.7. The molecule has 0 amide bonds. The van der Waals surface area contributed by atoms with E-state index in [2.05, 4.69) is 22.4 Å². The molecule has 0 bridgehead atoms. The van der Waals surface area contributed by atoms with E-state index >= 15 is 0 Å². The molecule has 2 aliphatic rings. The van der Waals surface area contributed by atoms with E-state index in [9.17, 15) is 0 Å². The maximum Gasteiger partial charge on any atom is 0.129 e. The van der Waals surface area contributed by atoms with E-state index in [1.807, 2.05) is 12.1 Å². The van der Waals surface area contributed by atoms with Gasteiger partial charge < -0.3 is 10.2 Å². The van der Waals surface area contributed by atoms with Crippen LogP contribution in [0.3, 0.4) is 0 Å². The van der Waals surface area contributed by atoms with E-state index in [1.54, 1.807) is 0 Å². The number of nitrogens with zero attached hydrogens (tertiary/aromatic N) is 2. The molecule has 0 aliphatic carbocycles. The second kappa shape index (κ2) is 5.73. The van der Waals surface area contributed by atoms with E-state index < -0.39 is 0 Å². The molecule has 1 aromatic heterocycles. The van der Waals surface area contributed by atoms with Crippen molar-refractivity contribution in [2.45, 2.75) is 12.8 Å². The number of hydrogen-bond acceptors (Lipinski definition) is 3. The van der Waals surface area contributed by atoms with Crippen LogP contribution in [0.2, 0.25) is 10.0 Å². The monoisotopic (exact) mass is 333 g/mol. The molecule has 22 heavy (non-hydrogen) atoms. The van der Waals surface area contributed by atoms with Gasteiger partial charge in [0.05, 0.1) is 15.6 Å². The SMILES string of the molecule is Clc1ccc2c(C3=CCNC3)cc(N3CCCC3)nc2c1Cl. The Labute approximate surface area is 139 Å². The van der Waals surface area contributed by atoms with Crippen LogP contribution in [0, 0.1) is 0 Å². The Kier molecular flexibility index (Phi) is 3.73. The predicted octanol–water partition coefficient (Wildman–Crippen LogP) is 4.13. The minimum atomic E-state index is 0.549. The molecule has 3 nitrogen and oxygen atoms in total. The topological polar surface area (TPSA) is 28.2 Å². The van der Waals surface area contributed by atoms with Gasteiger partial charge in [0.2, 0.25) is 0 Å². The van der Waals surface area contributed by atoms with Crippen molar-refractivity contribution in [1.82, 2.24) is 10.3 Å². The van der Waals surface area contributed by atoms with Gasteiger partial charge in [0.1, 0.15) is 5.82 Å². The Hall–Kier alpha value is -1.29. The molecule has 114 valence electrons. The van der Waals surface area contributed by atoms with Crippen molar-refractivity contribution in [3.63, 3.8) is 0 Å². The van der Waals surface area contributed by atoms with Crippen molar-refractivity contribution in [1.29, 1.82) is 0 Å². The summed E-state index contributed by atoms with van der Waals surface area (Å²) in [5.41, 5.74) is 3.34. The second-order valence-corrected chi connectivity index (χ2v) is 6.63. The highest BCUT2D eigenvalue weighted by Gasteiger charge is 2.20. The highest BCUT2D eigenvalue weighted by Crippen LogP contribution is 2.36. The molecule has 0 radical (unpaired) electrons. The van der Waals surface area contributed by atoms with Crippen LogP contribution in [-0.2, 0) is 0 Å². The number of benzene rings is 1. The number of rotatable bonds is 2. The summed E-state index contributed by atoms with van der Waals surface area (Å²) in [5.74, 6) is 1.01. The maximum absolute atomic E-state index is 6.44. The summed E-state index contributed by atoms with van der Waals surface area (Å²) >= 11 is 12.6. The third kappa shape index (κ3) is 2.37. The lowest BCUT2D eigenvalue weighted by molar-refractivity contribution is 0.897. The number of hydrogen-bond donors (Lipinski definition) is 1. The summed E-state index contributed by atoms with van der Waals surface area (Å²) in [4.78, 5) is 7.15. The fourth-order valence-corrected chi connectivity index (χ4v) is 3.63. The zero-order chi connectivity index (χ0) is 15.1. The molecule has 1 N–H and O–H groups in total. The van der Waals surface area contributed by atoms with Gasteiger partial charge in [-0.1, -0.05) is 35.3 Å². The zero-order valence-electron chi connectivity index (χ0n) is 12.2. The Balaban J connectivity index is 1.96. The van der Waals surface area contributed by atoms with Gasteiger partial charge in [-0.3, -0.25) is 0 Å². The van der Waals surface area contributed by atoms with E-state index in [-0.39, 0.29) is 0 Å². The minimum Gasteiger partial charge on any atom is -0.357 e. The molecule has 3 heterocycles. The first-order valence-electron chi connectivity index (χ1n) is 7.68. The number of fused-ring (bicyclic) bond motifs is 1. The summed E-state index contributed by atoms with van der Waals surface area (Å²) in [6.07, 6.45) is 4.69. The number of anilines is 1. The first-order valence-corrected chi connectivity index (χ1v) is 8.43. The standard InChI is InChI=1S/C17H17Cl2N3/c18-14-4-3-12-13(11-5-6-20-10-11)9-15(21-17(12)16(14)19)22-7-1-2-8-22/h3-5,9,20H,1-2,6-8,10H2. The Morgan fingerprint density at radius 1 is 1.14 bits per heavy atom. The van der Waals surface area contributed by atoms with Crippen molar-refractivity contribution < 1.29 is 0 Å². The molecule has 1 aromatic carbocycles. The Morgan fingerprint density at radius 3 is 2.68 bits per heavy atom. The average molecular weight is 334 g/mol. The fraction of sp³-hybridized carbons (Fsp3) is 0.353. The van der Waals surface area contributed by atoms with Crippen LogP contribution in [0.15, 0.2) is 24.3 Å². The third-order valence-electron chi connectivity index (χ3n) is 4.44. The molecular formula is C17H17Cl2N3. The van der Waals surface area contributed by atoms with Gasteiger partial charge in [-0.15, -0.1) is 0 Å².